The molecule has 1 fully saturated rings. The minimum Gasteiger partial charge on any atom is -0.198 e. The summed E-state index contributed by atoms with van der Waals surface area (Å²) in [5.41, 5.74) is 3.17. The maximum absolute atomic E-state index is 3.88. The number of pyridine rings is 1. The predicted molar refractivity (Wildman–Crippen MR) is 74.8 cm³/mol. The molecule has 0 amide bonds. The average Bonchev–Trinajstić information content (AvgIpc) is 2.94. The van der Waals surface area contributed by atoms with E-state index in [9.17, 15) is 0 Å². The van der Waals surface area contributed by atoms with Gasteiger partial charge in [0, 0.05) is 18.6 Å². The Bertz CT molecular complexity index is 595. The van der Waals surface area contributed by atoms with Crippen LogP contribution in [-0.4, -0.2) is 4.83 Å². The van der Waals surface area contributed by atoms with Crippen LogP contribution < -0.4 is 4.57 Å². The highest BCUT2D eigenvalue weighted by molar-refractivity contribution is 9.09. The van der Waals surface area contributed by atoms with Gasteiger partial charge in [0.2, 0.25) is 0 Å². The van der Waals surface area contributed by atoms with Crippen LogP contribution in [0.5, 0.6) is 0 Å². The zero-order valence-corrected chi connectivity index (χ0v) is 11.7. The van der Waals surface area contributed by atoms with E-state index in [-0.39, 0.29) is 5.41 Å². The van der Waals surface area contributed by atoms with E-state index < -0.39 is 0 Å². The second kappa shape index (κ2) is 3.67. The molecule has 1 saturated carbocycles. The van der Waals surface area contributed by atoms with Crippen LogP contribution in [0.25, 0.3) is 0 Å². The number of nitrogens with zero attached hydrogens (tertiary/aromatic N) is 1. The van der Waals surface area contributed by atoms with E-state index in [1.165, 1.54) is 24.1 Å². The Kier molecular flexibility index (Phi) is 2.19. The van der Waals surface area contributed by atoms with E-state index in [0.29, 0.717) is 10.9 Å². The van der Waals surface area contributed by atoms with Crippen molar-refractivity contribution in [1.82, 2.24) is 0 Å². The highest BCUT2D eigenvalue weighted by Gasteiger charge is 2.60. The lowest BCUT2D eigenvalue weighted by Crippen LogP contribution is -2.46. The Hall–Kier alpha value is -1.15. The van der Waals surface area contributed by atoms with Gasteiger partial charge in [-0.15, -0.1) is 0 Å². The Labute approximate surface area is 116 Å². The fourth-order valence-corrected chi connectivity index (χ4v) is 4.81. The highest BCUT2D eigenvalue weighted by Crippen LogP contribution is 2.54. The van der Waals surface area contributed by atoms with E-state index in [2.05, 4.69) is 75.2 Å². The first kappa shape index (κ1) is 10.7. The van der Waals surface area contributed by atoms with E-state index in [0.717, 1.165) is 0 Å². The van der Waals surface area contributed by atoms with Crippen molar-refractivity contribution in [3.8, 4) is 0 Å². The summed E-state index contributed by atoms with van der Waals surface area (Å²) in [5, 5.41) is 0. The van der Waals surface area contributed by atoms with Crippen molar-refractivity contribution in [3.05, 3.63) is 66.0 Å². The van der Waals surface area contributed by atoms with Crippen molar-refractivity contribution in [2.24, 2.45) is 0 Å². The number of rotatable bonds is 1. The van der Waals surface area contributed by atoms with Crippen LogP contribution in [0, 0.1) is 0 Å². The molecule has 1 aromatic carbocycles. The molecular weight excluding hydrogens is 286 g/mol. The molecule has 1 aliphatic carbocycles. The molecule has 1 nitrogen and oxygen atoms in total. The Morgan fingerprint density at radius 2 is 1.78 bits per heavy atom. The maximum Gasteiger partial charge on any atom is 0.192 e. The SMILES string of the molecule is Br[C@H]1C[C@@]2(c3ccccc3)C[C@@H]1[n+]1ccccc12. The lowest BCUT2D eigenvalue weighted by atomic mass is 9.77. The highest BCUT2D eigenvalue weighted by atomic mass is 79.9. The number of aromatic nitrogens is 1. The van der Waals surface area contributed by atoms with E-state index in [1.54, 1.807) is 0 Å². The molecule has 2 aliphatic rings. The normalized spacial score (nSPS) is 32.5. The summed E-state index contributed by atoms with van der Waals surface area (Å²) in [7, 11) is 0. The number of hydrogen-bond donors (Lipinski definition) is 0. The fraction of sp³-hybridized carbons (Fsp3) is 0.312. The van der Waals surface area contributed by atoms with Crippen molar-refractivity contribution in [2.45, 2.75) is 29.1 Å². The van der Waals surface area contributed by atoms with Gasteiger partial charge in [0.1, 0.15) is 0 Å². The molecule has 90 valence electrons. The summed E-state index contributed by atoms with van der Waals surface area (Å²) in [6.07, 6.45) is 4.68. The van der Waals surface area contributed by atoms with Crippen LogP contribution in [0.15, 0.2) is 54.7 Å². The number of hydrogen-bond acceptors (Lipinski definition) is 0. The molecule has 2 heterocycles. The molecule has 0 spiro atoms. The van der Waals surface area contributed by atoms with E-state index in [4.69, 9.17) is 0 Å². The Morgan fingerprint density at radius 1 is 1.00 bits per heavy atom. The summed E-state index contributed by atoms with van der Waals surface area (Å²) in [6, 6.07) is 18.2. The molecule has 0 N–H and O–H groups in total. The van der Waals surface area contributed by atoms with Gasteiger partial charge in [-0.3, -0.25) is 0 Å². The van der Waals surface area contributed by atoms with Crippen molar-refractivity contribution in [3.63, 3.8) is 0 Å². The molecule has 18 heavy (non-hydrogen) atoms. The topological polar surface area (TPSA) is 3.88 Å². The predicted octanol–water partition coefficient (Wildman–Crippen LogP) is 3.37. The fourth-order valence-electron chi connectivity index (χ4n) is 3.81. The maximum atomic E-state index is 3.88. The van der Waals surface area contributed by atoms with Crippen LogP contribution in [0.2, 0.25) is 0 Å². The van der Waals surface area contributed by atoms with Gasteiger partial charge in [-0.05, 0) is 12.0 Å². The second-order valence-corrected chi connectivity index (χ2v) is 6.61. The zero-order chi connectivity index (χ0) is 12.2. The minimum absolute atomic E-state index is 0.224. The van der Waals surface area contributed by atoms with Crippen molar-refractivity contribution in [2.75, 3.05) is 0 Å². The lowest BCUT2D eigenvalue weighted by molar-refractivity contribution is -0.718. The van der Waals surface area contributed by atoms with Gasteiger partial charge < -0.3 is 0 Å². The first-order valence-electron chi connectivity index (χ1n) is 6.51. The van der Waals surface area contributed by atoms with Gasteiger partial charge in [0.25, 0.3) is 0 Å². The third kappa shape index (κ3) is 1.24. The van der Waals surface area contributed by atoms with Crippen molar-refractivity contribution in [1.29, 1.82) is 0 Å². The third-order valence-corrected chi connectivity index (χ3v) is 5.52. The first-order chi connectivity index (χ1) is 8.81. The molecule has 2 heteroatoms. The van der Waals surface area contributed by atoms with Crippen LogP contribution in [-0.2, 0) is 5.41 Å². The summed E-state index contributed by atoms with van der Waals surface area (Å²) in [6.45, 7) is 0. The summed E-state index contributed by atoms with van der Waals surface area (Å²) < 4.78 is 2.47. The third-order valence-electron chi connectivity index (χ3n) is 4.58. The molecule has 0 unspecified atom stereocenters. The molecule has 3 atom stereocenters. The Morgan fingerprint density at radius 3 is 2.61 bits per heavy atom. The van der Waals surface area contributed by atoms with Crippen LogP contribution in [0.3, 0.4) is 0 Å². The van der Waals surface area contributed by atoms with Gasteiger partial charge in [-0.25, -0.2) is 0 Å². The molecule has 0 saturated heterocycles. The molecule has 0 radical (unpaired) electrons. The zero-order valence-electron chi connectivity index (χ0n) is 10.1. The molecule has 1 aromatic heterocycles. The first-order valence-corrected chi connectivity index (χ1v) is 7.43. The summed E-state index contributed by atoms with van der Waals surface area (Å²) >= 11 is 3.88. The Balaban J connectivity index is 1.96. The smallest absolute Gasteiger partial charge is 0.192 e. The van der Waals surface area contributed by atoms with Gasteiger partial charge in [0.05, 0.1) is 10.2 Å². The molecule has 1 aliphatic heterocycles. The van der Waals surface area contributed by atoms with Gasteiger partial charge in [-0.2, -0.15) is 4.57 Å². The minimum atomic E-state index is 0.224. The number of halogens is 1. The second-order valence-electron chi connectivity index (χ2n) is 5.43. The van der Waals surface area contributed by atoms with Crippen LogP contribution in [0.4, 0.5) is 0 Å². The van der Waals surface area contributed by atoms with E-state index >= 15 is 0 Å². The van der Waals surface area contributed by atoms with Crippen molar-refractivity contribution < 1.29 is 4.57 Å². The number of benzene rings is 1. The number of fused-ring (bicyclic) bond motifs is 5. The van der Waals surface area contributed by atoms with Gasteiger partial charge >= 0.3 is 0 Å². The van der Waals surface area contributed by atoms with Gasteiger partial charge in [-0.1, -0.05) is 52.3 Å². The van der Waals surface area contributed by atoms with Crippen LogP contribution >= 0.6 is 15.9 Å². The molecule has 2 bridgehead atoms. The van der Waals surface area contributed by atoms with E-state index in [1.807, 2.05) is 0 Å². The monoisotopic (exact) mass is 300 g/mol. The summed E-state index contributed by atoms with van der Waals surface area (Å²) in [5.74, 6) is 0. The van der Waals surface area contributed by atoms with Gasteiger partial charge in [0.15, 0.2) is 17.9 Å². The quantitative estimate of drug-likeness (QED) is 0.561. The van der Waals surface area contributed by atoms with Crippen LogP contribution in [0.1, 0.15) is 30.1 Å². The standard InChI is InChI=1S/C16H15BrN/c17-13-10-16(12-6-2-1-3-7-12)11-14(13)18-9-5-4-8-15(16)18/h1-9,13-14H,10-11H2/q+1/t13-,14-,16-/m0/s1. The largest absolute Gasteiger partial charge is 0.198 e. The lowest BCUT2D eigenvalue weighted by Gasteiger charge is -2.25. The van der Waals surface area contributed by atoms with Crippen molar-refractivity contribution >= 4 is 15.9 Å². The molecule has 4 rings (SSSR count). The average molecular weight is 301 g/mol. The number of alkyl halides is 1. The molecular formula is C16H15BrN+. The molecule has 2 aromatic rings. The summed E-state index contributed by atoms with van der Waals surface area (Å²) in [4.78, 5) is 0.595.